The molecule has 0 aromatic heterocycles. The van der Waals surface area contributed by atoms with E-state index >= 15 is 0 Å². The van der Waals surface area contributed by atoms with Gasteiger partial charge in [-0.05, 0) is 31.4 Å². The highest BCUT2D eigenvalue weighted by Gasteiger charge is 2.19. The summed E-state index contributed by atoms with van der Waals surface area (Å²) in [5.41, 5.74) is 0. The number of carbonyl (C=O) groups excluding carboxylic acids is 1. The Morgan fingerprint density at radius 3 is 2.50 bits per heavy atom. The number of halogens is 1. The molecule has 0 atom stereocenters. The number of amides is 1. The first-order chi connectivity index (χ1) is 10.4. The fourth-order valence-electron chi connectivity index (χ4n) is 2.30. The molecule has 0 spiro atoms. The lowest BCUT2D eigenvalue weighted by molar-refractivity contribution is -0.134. The second-order valence-electron chi connectivity index (χ2n) is 4.98. The van der Waals surface area contributed by atoms with Crippen molar-refractivity contribution in [2.24, 2.45) is 0 Å². The van der Waals surface area contributed by atoms with Gasteiger partial charge in [0.15, 0.2) is 18.1 Å². The number of hydrogen-bond acceptors (Lipinski definition) is 5. The summed E-state index contributed by atoms with van der Waals surface area (Å²) in [6.07, 6.45) is 3.12. The second kappa shape index (κ2) is 7.19. The van der Waals surface area contributed by atoms with E-state index in [1.165, 1.54) is 25.3 Å². The summed E-state index contributed by atoms with van der Waals surface area (Å²) in [5, 5.41) is 0. The van der Waals surface area contributed by atoms with Crippen molar-refractivity contribution < 1.29 is 22.7 Å². The minimum Gasteiger partial charge on any atom is -0.493 e. The SMILES string of the molecule is COc1ccc(S(=O)(=O)Cl)cc1OCC(=O)N1CCCCC1. The molecule has 1 amide bonds. The van der Waals surface area contributed by atoms with E-state index in [-0.39, 0.29) is 23.2 Å². The van der Waals surface area contributed by atoms with Gasteiger partial charge in [-0.1, -0.05) is 0 Å². The van der Waals surface area contributed by atoms with Gasteiger partial charge in [0.25, 0.3) is 15.0 Å². The van der Waals surface area contributed by atoms with Crippen molar-refractivity contribution in [3.63, 3.8) is 0 Å². The molecule has 1 fully saturated rings. The number of rotatable bonds is 5. The second-order valence-corrected chi connectivity index (χ2v) is 7.55. The molecular weight excluding hydrogens is 330 g/mol. The molecule has 0 bridgehead atoms. The molecule has 1 saturated heterocycles. The summed E-state index contributed by atoms with van der Waals surface area (Å²) in [5.74, 6) is 0.394. The normalized spacial score (nSPS) is 15.5. The standard InChI is InChI=1S/C14H18ClNO5S/c1-20-12-6-5-11(22(15,18)19)9-13(12)21-10-14(17)16-7-3-2-4-8-16/h5-6,9H,2-4,7-8,10H2,1H3. The number of hydrogen-bond donors (Lipinski definition) is 0. The number of piperidine rings is 1. The van der Waals surface area contributed by atoms with Crippen LogP contribution < -0.4 is 9.47 Å². The van der Waals surface area contributed by atoms with Crippen molar-refractivity contribution in [1.29, 1.82) is 0 Å². The Balaban J connectivity index is 2.09. The zero-order valence-corrected chi connectivity index (χ0v) is 13.8. The van der Waals surface area contributed by atoms with Gasteiger partial charge in [0, 0.05) is 29.8 Å². The van der Waals surface area contributed by atoms with E-state index in [9.17, 15) is 13.2 Å². The summed E-state index contributed by atoms with van der Waals surface area (Å²) in [6, 6.07) is 4.01. The Morgan fingerprint density at radius 2 is 1.91 bits per heavy atom. The Morgan fingerprint density at radius 1 is 1.23 bits per heavy atom. The van der Waals surface area contributed by atoms with Crippen molar-refractivity contribution in [2.45, 2.75) is 24.2 Å². The van der Waals surface area contributed by atoms with Gasteiger partial charge in [0.05, 0.1) is 12.0 Å². The average molecular weight is 348 g/mol. The summed E-state index contributed by atoms with van der Waals surface area (Å²) in [6.45, 7) is 1.30. The number of nitrogens with zero attached hydrogens (tertiary/aromatic N) is 1. The summed E-state index contributed by atoms with van der Waals surface area (Å²) < 4.78 is 33.3. The fraction of sp³-hybridized carbons (Fsp3) is 0.500. The van der Waals surface area contributed by atoms with Crippen LogP contribution in [-0.2, 0) is 13.8 Å². The molecule has 1 aromatic rings. The van der Waals surface area contributed by atoms with E-state index in [0.29, 0.717) is 5.75 Å². The topological polar surface area (TPSA) is 72.9 Å². The van der Waals surface area contributed by atoms with Crippen molar-refractivity contribution in [3.8, 4) is 11.5 Å². The molecule has 1 aliphatic heterocycles. The lowest BCUT2D eigenvalue weighted by Crippen LogP contribution is -2.38. The lowest BCUT2D eigenvalue weighted by atomic mass is 10.1. The molecule has 6 nitrogen and oxygen atoms in total. The van der Waals surface area contributed by atoms with E-state index in [0.717, 1.165) is 32.4 Å². The van der Waals surface area contributed by atoms with Crippen LogP contribution in [0.25, 0.3) is 0 Å². The summed E-state index contributed by atoms with van der Waals surface area (Å²) in [7, 11) is 2.88. The Hall–Kier alpha value is -1.47. The minimum atomic E-state index is -3.87. The highest BCUT2D eigenvalue weighted by Crippen LogP contribution is 2.31. The highest BCUT2D eigenvalue weighted by molar-refractivity contribution is 8.13. The molecule has 1 aliphatic rings. The first-order valence-corrected chi connectivity index (χ1v) is 9.26. The molecule has 0 N–H and O–H groups in total. The summed E-state index contributed by atoms with van der Waals surface area (Å²) in [4.78, 5) is 13.7. The predicted octanol–water partition coefficient (Wildman–Crippen LogP) is 2.01. The smallest absolute Gasteiger partial charge is 0.261 e. The van der Waals surface area contributed by atoms with Gasteiger partial charge in [-0.25, -0.2) is 8.42 Å². The maximum absolute atomic E-state index is 12.1. The number of ether oxygens (including phenoxy) is 2. The molecule has 22 heavy (non-hydrogen) atoms. The van der Waals surface area contributed by atoms with Crippen LogP contribution in [0.3, 0.4) is 0 Å². The fourth-order valence-corrected chi connectivity index (χ4v) is 3.06. The lowest BCUT2D eigenvalue weighted by Gasteiger charge is -2.26. The third kappa shape index (κ3) is 4.27. The van der Waals surface area contributed by atoms with Gasteiger partial charge in [-0.2, -0.15) is 0 Å². The Bertz CT molecular complexity index is 641. The molecule has 1 heterocycles. The average Bonchev–Trinajstić information content (AvgIpc) is 2.52. The largest absolute Gasteiger partial charge is 0.493 e. The third-order valence-corrected chi connectivity index (χ3v) is 4.83. The van der Waals surface area contributed by atoms with Crippen LogP contribution in [0.5, 0.6) is 11.5 Å². The van der Waals surface area contributed by atoms with E-state index in [2.05, 4.69) is 0 Å². The van der Waals surface area contributed by atoms with Crippen LogP contribution in [-0.4, -0.2) is 46.0 Å². The Kier molecular flexibility index (Phi) is 5.52. The maximum atomic E-state index is 12.1. The number of likely N-dealkylation sites (tertiary alicyclic amines) is 1. The minimum absolute atomic E-state index is 0.101. The number of methoxy groups -OCH3 is 1. The molecule has 2 rings (SSSR count). The quantitative estimate of drug-likeness (QED) is 0.762. The van der Waals surface area contributed by atoms with Gasteiger partial charge < -0.3 is 14.4 Å². The monoisotopic (exact) mass is 347 g/mol. The van der Waals surface area contributed by atoms with Gasteiger partial charge in [-0.15, -0.1) is 0 Å². The summed E-state index contributed by atoms with van der Waals surface area (Å²) >= 11 is 0. The number of benzene rings is 1. The van der Waals surface area contributed by atoms with E-state index in [1.54, 1.807) is 4.90 Å². The molecule has 0 radical (unpaired) electrons. The molecule has 0 unspecified atom stereocenters. The molecule has 1 aromatic carbocycles. The van der Waals surface area contributed by atoms with Crippen LogP contribution >= 0.6 is 10.7 Å². The molecule has 0 saturated carbocycles. The molecule has 0 aliphatic carbocycles. The molecular formula is C14H18ClNO5S. The highest BCUT2D eigenvalue weighted by atomic mass is 35.7. The first kappa shape index (κ1) is 16.9. The number of carbonyl (C=O) groups is 1. The predicted molar refractivity (Wildman–Crippen MR) is 82.0 cm³/mol. The first-order valence-electron chi connectivity index (χ1n) is 6.95. The zero-order valence-electron chi connectivity index (χ0n) is 12.2. The Labute approximate surface area is 134 Å². The van der Waals surface area contributed by atoms with E-state index in [1.807, 2.05) is 0 Å². The zero-order chi connectivity index (χ0) is 16.2. The van der Waals surface area contributed by atoms with Crippen LogP contribution in [0.1, 0.15) is 19.3 Å². The van der Waals surface area contributed by atoms with Crippen LogP contribution in [0, 0.1) is 0 Å². The van der Waals surface area contributed by atoms with Crippen molar-refractivity contribution >= 4 is 25.6 Å². The van der Waals surface area contributed by atoms with Gasteiger partial charge in [0.2, 0.25) is 0 Å². The molecule has 122 valence electrons. The molecule has 8 heteroatoms. The van der Waals surface area contributed by atoms with Gasteiger partial charge in [-0.3, -0.25) is 4.79 Å². The van der Waals surface area contributed by atoms with Gasteiger partial charge >= 0.3 is 0 Å². The van der Waals surface area contributed by atoms with Crippen LogP contribution in [0.15, 0.2) is 23.1 Å². The van der Waals surface area contributed by atoms with Crippen LogP contribution in [0.2, 0.25) is 0 Å². The van der Waals surface area contributed by atoms with Crippen molar-refractivity contribution in [3.05, 3.63) is 18.2 Å². The van der Waals surface area contributed by atoms with Gasteiger partial charge in [0.1, 0.15) is 0 Å². The van der Waals surface area contributed by atoms with Crippen LogP contribution in [0.4, 0.5) is 0 Å². The van der Waals surface area contributed by atoms with Crippen molar-refractivity contribution in [1.82, 2.24) is 4.90 Å². The van der Waals surface area contributed by atoms with E-state index < -0.39 is 9.05 Å². The third-order valence-electron chi connectivity index (χ3n) is 3.48. The maximum Gasteiger partial charge on any atom is 0.261 e. The van der Waals surface area contributed by atoms with E-state index in [4.69, 9.17) is 20.2 Å². The van der Waals surface area contributed by atoms with Crippen molar-refractivity contribution in [2.75, 3.05) is 26.8 Å².